The van der Waals surface area contributed by atoms with Crippen LogP contribution in [0.25, 0.3) is 0 Å². The molecule has 0 bridgehead atoms. The Morgan fingerprint density at radius 1 is 1.24 bits per heavy atom. The van der Waals surface area contributed by atoms with Crippen molar-refractivity contribution < 1.29 is 19.1 Å². The number of nitrogens with zero attached hydrogens (tertiary/aromatic N) is 3. The van der Waals surface area contributed by atoms with E-state index in [1.165, 1.54) is 22.1 Å². The average molecular weight is 473 g/mol. The standard InChI is InChI=1S/C24H29ClN4O4/c1-4-33-22(31)18-13-20-21(30)29(19-11-10-16(25)12-15(19)2)24(3,14-28(20)27-18)23(32)26-17-8-6-5-7-9-17/h10-13,17H,4-9,14H2,1-3H3,(H,26,32)/t24-/m0/s1. The van der Waals surface area contributed by atoms with Crippen molar-refractivity contribution >= 4 is 35.1 Å². The molecular formula is C24H29ClN4O4. The smallest absolute Gasteiger partial charge is 0.358 e. The van der Waals surface area contributed by atoms with E-state index >= 15 is 0 Å². The van der Waals surface area contributed by atoms with Crippen LogP contribution in [0.3, 0.4) is 0 Å². The Kier molecular flexibility index (Phi) is 6.47. The van der Waals surface area contributed by atoms with Crippen LogP contribution in [0, 0.1) is 6.92 Å². The SMILES string of the molecule is CCOC(=O)c1cc2n(n1)C[C@@](C)(C(=O)NC1CCCCC1)N(c1ccc(Cl)cc1C)C2=O. The Balaban J connectivity index is 1.77. The number of rotatable bonds is 5. The number of carbonyl (C=O) groups excluding carboxylic acids is 3. The summed E-state index contributed by atoms with van der Waals surface area (Å²) in [4.78, 5) is 41.2. The predicted octanol–water partition coefficient (Wildman–Crippen LogP) is 3.89. The first kappa shape index (κ1) is 23.3. The minimum atomic E-state index is -1.25. The number of aromatic nitrogens is 2. The highest BCUT2D eigenvalue weighted by Gasteiger charge is 2.50. The summed E-state index contributed by atoms with van der Waals surface area (Å²) in [5, 5.41) is 8.02. The summed E-state index contributed by atoms with van der Waals surface area (Å²) >= 11 is 6.16. The first-order chi connectivity index (χ1) is 15.7. The molecule has 33 heavy (non-hydrogen) atoms. The average Bonchev–Trinajstić information content (AvgIpc) is 3.20. The number of anilines is 1. The lowest BCUT2D eigenvalue weighted by Crippen LogP contribution is -2.65. The van der Waals surface area contributed by atoms with E-state index in [9.17, 15) is 14.4 Å². The van der Waals surface area contributed by atoms with Gasteiger partial charge in [0.15, 0.2) is 5.69 Å². The quantitative estimate of drug-likeness (QED) is 0.666. The van der Waals surface area contributed by atoms with Crippen LogP contribution in [-0.2, 0) is 16.1 Å². The molecule has 1 atom stereocenters. The second-order valence-corrected chi connectivity index (χ2v) is 9.38. The van der Waals surface area contributed by atoms with E-state index in [2.05, 4.69) is 10.4 Å². The number of carbonyl (C=O) groups is 3. The molecule has 0 saturated heterocycles. The van der Waals surface area contributed by atoms with Crippen LogP contribution in [0.5, 0.6) is 0 Å². The van der Waals surface area contributed by atoms with Gasteiger partial charge in [0.05, 0.1) is 13.2 Å². The number of fused-ring (bicyclic) bond motifs is 1. The summed E-state index contributed by atoms with van der Waals surface area (Å²) < 4.78 is 6.49. The highest BCUT2D eigenvalue weighted by atomic mass is 35.5. The Hall–Kier alpha value is -2.87. The Morgan fingerprint density at radius 3 is 2.64 bits per heavy atom. The van der Waals surface area contributed by atoms with Gasteiger partial charge in [0.2, 0.25) is 5.91 Å². The van der Waals surface area contributed by atoms with Crippen molar-refractivity contribution in [3.63, 3.8) is 0 Å². The highest BCUT2D eigenvalue weighted by Crippen LogP contribution is 2.36. The first-order valence-electron chi connectivity index (χ1n) is 11.4. The number of amides is 2. The fourth-order valence-electron chi connectivity index (χ4n) is 4.72. The fraction of sp³-hybridized carbons (Fsp3) is 0.500. The fourth-order valence-corrected chi connectivity index (χ4v) is 4.95. The molecule has 2 aromatic rings. The van der Waals surface area contributed by atoms with Gasteiger partial charge in [-0.2, -0.15) is 5.10 Å². The molecule has 176 valence electrons. The number of hydrogen-bond donors (Lipinski definition) is 1. The summed E-state index contributed by atoms with van der Waals surface area (Å²) in [7, 11) is 0. The topological polar surface area (TPSA) is 93.5 Å². The monoisotopic (exact) mass is 472 g/mol. The van der Waals surface area contributed by atoms with Gasteiger partial charge in [0, 0.05) is 22.8 Å². The zero-order valence-corrected chi connectivity index (χ0v) is 19.9. The van der Waals surface area contributed by atoms with Gasteiger partial charge in [0.1, 0.15) is 11.2 Å². The highest BCUT2D eigenvalue weighted by molar-refractivity contribution is 6.30. The molecule has 0 spiro atoms. The third kappa shape index (κ3) is 4.36. The zero-order valence-electron chi connectivity index (χ0n) is 19.2. The zero-order chi connectivity index (χ0) is 23.8. The lowest BCUT2D eigenvalue weighted by atomic mass is 9.90. The molecule has 1 N–H and O–H groups in total. The maximum atomic E-state index is 13.8. The lowest BCUT2D eigenvalue weighted by Gasteiger charge is -2.44. The maximum Gasteiger partial charge on any atom is 0.358 e. The summed E-state index contributed by atoms with van der Waals surface area (Å²) in [6.07, 6.45) is 5.18. The van der Waals surface area contributed by atoms with Crippen molar-refractivity contribution in [3.05, 3.63) is 46.2 Å². The van der Waals surface area contributed by atoms with Crippen molar-refractivity contribution in [1.29, 1.82) is 0 Å². The minimum Gasteiger partial charge on any atom is -0.461 e. The van der Waals surface area contributed by atoms with Gasteiger partial charge < -0.3 is 10.1 Å². The Bertz CT molecular complexity index is 1090. The second-order valence-electron chi connectivity index (χ2n) is 8.95. The number of halogens is 1. The van der Waals surface area contributed by atoms with Gasteiger partial charge in [-0.15, -0.1) is 0 Å². The van der Waals surface area contributed by atoms with Crippen molar-refractivity contribution in [2.45, 2.75) is 71.0 Å². The van der Waals surface area contributed by atoms with Gasteiger partial charge in [-0.3, -0.25) is 19.2 Å². The third-order valence-electron chi connectivity index (χ3n) is 6.47. The molecule has 1 aromatic heterocycles. The molecule has 1 aliphatic heterocycles. The van der Waals surface area contributed by atoms with Gasteiger partial charge in [-0.05, 0) is 57.4 Å². The van der Waals surface area contributed by atoms with E-state index in [0.29, 0.717) is 10.7 Å². The van der Waals surface area contributed by atoms with E-state index in [1.54, 1.807) is 32.0 Å². The molecule has 1 fully saturated rings. The molecule has 2 aliphatic rings. The molecule has 2 amide bonds. The van der Waals surface area contributed by atoms with E-state index in [0.717, 1.165) is 31.2 Å². The van der Waals surface area contributed by atoms with Crippen LogP contribution in [0.15, 0.2) is 24.3 Å². The number of aryl methyl sites for hydroxylation is 1. The number of nitrogens with one attached hydrogen (secondary N) is 1. The van der Waals surface area contributed by atoms with E-state index in [1.807, 2.05) is 6.92 Å². The number of esters is 1. The summed E-state index contributed by atoms with van der Waals surface area (Å²) in [6.45, 7) is 5.60. The van der Waals surface area contributed by atoms with Crippen molar-refractivity contribution in [2.75, 3.05) is 11.5 Å². The number of ether oxygens (including phenoxy) is 1. The molecule has 9 heteroatoms. The van der Waals surface area contributed by atoms with E-state index < -0.39 is 17.4 Å². The molecule has 4 rings (SSSR count). The van der Waals surface area contributed by atoms with Crippen molar-refractivity contribution in [1.82, 2.24) is 15.1 Å². The first-order valence-corrected chi connectivity index (χ1v) is 11.8. The van der Waals surface area contributed by atoms with Crippen LogP contribution < -0.4 is 10.2 Å². The van der Waals surface area contributed by atoms with Crippen LogP contribution in [-0.4, -0.2) is 45.8 Å². The Labute approximate surface area is 198 Å². The predicted molar refractivity (Wildman–Crippen MR) is 125 cm³/mol. The van der Waals surface area contributed by atoms with Crippen LogP contribution in [0.4, 0.5) is 5.69 Å². The normalized spacial score (nSPS) is 21.0. The molecular weight excluding hydrogens is 444 g/mol. The van der Waals surface area contributed by atoms with Gasteiger partial charge >= 0.3 is 5.97 Å². The van der Waals surface area contributed by atoms with Crippen molar-refractivity contribution in [3.8, 4) is 0 Å². The van der Waals surface area contributed by atoms with Gasteiger partial charge in [-0.25, -0.2) is 4.79 Å². The lowest BCUT2D eigenvalue weighted by molar-refractivity contribution is -0.127. The maximum absolute atomic E-state index is 13.8. The Morgan fingerprint density at radius 2 is 1.97 bits per heavy atom. The number of benzene rings is 1. The summed E-state index contributed by atoms with van der Waals surface area (Å²) in [5.74, 6) is -1.25. The minimum absolute atomic E-state index is 0.0462. The van der Waals surface area contributed by atoms with Crippen LogP contribution >= 0.6 is 11.6 Å². The van der Waals surface area contributed by atoms with E-state index in [-0.39, 0.29) is 36.5 Å². The molecule has 0 radical (unpaired) electrons. The van der Waals surface area contributed by atoms with Crippen molar-refractivity contribution in [2.24, 2.45) is 0 Å². The van der Waals surface area contributed by atoms with Crippen LogP contribution in [0.1, 0.15) is 72.5 Å². The molecule has 2 heterocycles. The van der Waals surface area contributed by atoms with E-state index in [4.69, 9.17) is 16.3 Å². The molecule has 0 unspecified atom stereocenters. The second kappa shape index (κ2) is 9.17. The third-order valence-corrected chi connectivity index (χ3v) is 6.70. The molecule has 1 saturated carbocycles. The van der Waals surface area contributed by atoms with Crippen LogP contribution in [0.2, 0.25) is 5.02 Å². The largest absolute Gasteiger partial charge is 0.461 e. The van der Waals surface area contributed by atoms with Gasteiger partial charge in [-0.1, -0.05) is 30.9 Å². The number of hydrogen-bond acceptors (Lipinski definition) is 5. The molecule has 8 nitrogen and oxygen atoms in total. The molecule has 1 aliphatic carbocycles. The van der Waals surface area contributed by atoms with Gasteiger partial charge in [0.25, 0.3) is 5.91 Å². The summed E-state index contributed by atoms with van der Waals surface area (Å²) in [6, 6.07) is 6.73. The summed E-state index contributed by atoms with van der Waals surface area (Å²) in [5.41, 5.74) is 0.389. The molecule has 1 aromatic carbocycles.